The summed E-state index contributed by atoms with van der Waals surface area (Å²) in [6.07, 6.45) is 18.0. The largest absolute Gasteiger partial charge is 0.480 e. The Morgan fingerprint density at radius 2 is 1.27 bits per heavy atom. The first-order valence-electron chi connectivity index (χ1n) is 10.7. The van der Waals surface area contributed by atoms with Crippen molar-refractivity contribution in [2.45, 2.75) is 103 Å². The molecule has 0 saturated heterocycles. The van der Waals surface area contributed by atoms with Crippen LogP contribution in [0.2, 0.25) is 0 Å². The van der Waals surface area contributed by atoms with Gasteiger partial charge >= 0.3 is 5.97 Å². The highest BCUT2D eigenvalue weighted by Crippen LogP contribution is 2.12. The molecule has 26 heavy (non-hydrogen) atoms. The van der Waals surface area contributed by atoms with E-state index < -0.39 is 18.7 Å². The molecule has 0 aliphatic heterocycles. The summed E-state index contributed by atoms with van der Waals surface area (Å²) in [7, 11) is 0. The van der Waals surface area contributed by atoms with Gasteiger partial charge in [-0.2, -0.15) is 0 Å². The summed E-state index contributed by atoms with van der Waals surface area (Å²) in [5.41, 5.74) is 0. The molecule has 0 fully saturated rings. The second kappa shape index (κ2) is 20.7. The molecule has 0 saturated carbocycles. The number of aliphatic carboxylic acids is 1. The number of carbonyl (C=O) groups is 1. The van der Waals surface area contributed by atoms with Crippen LogP contribution >= 0.6 is 0 Å². The van der Waals surface area contributed by atoms with Crippen LogP contribution in [0.1, 0.15) is 96.8 Å². The first-order valence-corrected chi connectivity index (χ1v) is 10.7. The first-order chi connectivity index (χ1) is 12.7. The third kappa shape index (κ3) is 19.7. The Kier molecular flexibility index (Phi) is 20.1. The van der Waals surface area contributed by atoms with Crippen molar-refractivity contribution in [2.75, 3.05) is 26.4 Å². The predicted octanol–water partition coefficient (Wildman–Crippen LogP) is 4.95. The number of aliphatic hydroxyl groups is 1. The molecule has 0 amide bonds. The lowest BCUT2D eigenvalue weighted by atomic mass is 10.0. The Hall–Kier alpha value is -0.650. The topological polar surface area (TPSA) is 76.0 Å². The highest BCUT2D eigenvalue weighted by atomic mass is 16.5. The molecule has 156 valence electrons. The molecule has 5 nitrogen and oxygen atoms in total. The second-order valence-electron chi connectivity index (χ2n) is 7.18. The fourth-order valence-corrected chi connectivity index (χ4v) is 2.96. The zero-order valence-electron chi connectivity index (χ0n) is 16.9. The molecule has 0 bridgehead atoms. The zero-order valence-corrected chi connectivity index (χ0v) is 16.9. The van der Waals surface area contributed by atoms with Gasteiger partial charge in [0.05, 0.1) is 13.2 Å². The molecule has 0 aromatic carbocycles. The van der Waals surface area contributed by atoms with Gasteiger partial charge in [0.1, 0.15) is 12.7 Å². The summed E-state index contributed by atoms with van der Waals surface area (Å²) in [5.74, 6) is -1.03. The average molecular weight is 375 g/mol. The van der Waals surface area contributed by atoms with Gasteiger partial charge in [0.2, 0.25) is 0 Å². The van der Waals surface area contributed by atoms with Crippen molar-refractivity contribution in [3.63, 3.8) is 0 Å². The minimum atomic E-state index is -1.03. The van der Waals surface area contributed by atoms with Crippen LogP contribution in [-0.2, 0) is 14.3 Å². The number of ether oxygens (including phenoxy) is 2. The monoisotopic (exact) mass is 374 g/mol. The number of aliphatic hydroxyl groups excluding tert-OH is 1. The first kappa shape index (κ1) is 25.4. The highest BCUT2D eigenvalue weighted by molar-refractivity contribution is 5.68. The van der Waals surface area contributed by atoms with Crippen LogP contribution in [0.15, 0.2) is 0 Å². The predicted molar refractivity (Wildman–Crippen MR) is 106 cm³/mol. The van der Waals surface area contributed by atoms with E-state index in [1.54, 1.807) is 0 Å². The zero-order chi connectivity index (χ0) is 19.3. The van der Waals surface area contributed by atoms with Crippen molar-refractivity contribution in [3.05, 3.63) is 0 Å². The smallest absolute Gasteiger partial charge is 0.329 e. The van der Waals surface area contributed by atoms with Crippen molar-refractivity contribution in [3.8, 4) is 0 Å². The number of carboxylic acids is 1. The molecule has 0 aliphatic rings. The quantitative estimate of drug-likeness (QED) is 0.278. The lowest BCUT2D eigenvalue weighted by Gasteiger charge is -2.14. The van der Waals surface area contributed by atoms with Crippen LogP contribution in [0.25, 0.3) is 0 Å². The molecule has 0 spiro atoms. The maximum Gasteiger partial charge on any atom is 0.329 e. The molecule has 0 aromatic heterocycles. The van der Waals surface area contributed by atoms with Gasteiger partial charge in [0, 0.05) is 6.61 Å². The summed E-state index contributed by atoms with van der Waals surface area (Å²) >= 11 is 0. The Morgan fingerprint density at radius 3 is 1.69 bits per heavy atom. The van der Waals surface area contributed by atoms with E-state index in [2.05, 4.69) is 6.92 Å². The van der Waals surface area contributed by atoms with Crippen molar-refractivity contribution >= 4 is 5.97 Å². The van der Waals surface area contributed by atoms with E-state index in [0.717, 1.165) is 12.8 Å². The molecule has 0 rings (SSSR count). The fraction of sp³-hybridized carbons (Fsp3) is 0.952. The van der Waals surface area contributed by atoms with E-state index in [1.807, 2.05) is 0 Å². The summed E-state index contributed by atoms with van der Waals surface area (Å²) in [6, 6.07) is 0. The van der Waals surface area contributed by atoms with Gasteiger partial charge < -0.3 is 19.7 Å². The lowest BCUT2D eigenvalue weighted by molar-refractivity contribution is -0.146. The molecule has 1 unspecified atom stereocenters. The highest BCUT2D eigenvalue weighted by Gasteiger charge is 2.09. The summed E-state index contributed by atoms with van der Waals surface area (Å²) in [5, 5.41) is 17.6. The number of hydrogen-bond donors (Lipinski definition) is 2. The molecule has 1 atom stereocenters. The minimum absolute atomic E-state index is 0.216. The van der Waals surface area contributed by atoms with Crippen molar-refractivity contribution in [2.24, 2.45) is 0 Å². The van der Waals surface area contributed by atoms with Gasteiger partial charge in [0.25, 0.3) is 0 Å². The summed E-state index contributed by atoms with van der Waals surface area (Å²) < 4.78 is 10.5. The van der Waals surface area contributed by atoms with Crippen LogP contribution in [0.3, 0.4) is 0 Å². The third-order valence-electron chi connectivity index (χ3n) is 4.59. The van der Waals surface area contributed by atoms with Crippen molar-refractivity contribution in [1.29, 1.82) is 0 Å². The van der Waals surface area contributed by atoms with Crippen LogP contribution in [0.4, 0.5) is 0 Å². The molecule has 2 N–H and O–H groups in total. The Morgan fingerprint density at radius 1 is 0.808 bits per heavy atom. The summed E-state index contributed by atoms with van der Waals surface area (Å²) in [6.45, 7) is 2.55. The molecule has 0 aliphatic carbocycles. The standard InChI is InChI=1S/C21H42O5/c1-2-3-4-5-6-7-8-9-10-11-12-13-14-15-16-25-18-20(17-22)26-19-21(23)24/h20,22H,2-19H2,1H3,(H,23,24). The fourth-order valence-electron chi connectivity index (χ4n) is 2.96. The Bertz CT molecular complexity index is 296. The van der Waals surface area contributed by atoms with E-state index in [0.29, 0.717) is 6.61 Å². The second-order valence-corrected chi connectivity index (χ2v) is 7.18. The summed E-state index contributed by atoms with van der Waals surface area (Å²) in [4.78, 5) is 10.4. The third-order valence-corrected chi connectivity index (χ3v) is 4.59. The van der Waals surface area contributed by atoms with Gasteiger partial charge in [-0.25, -0.2) is 4.79 Å². The molecule has 5 heteroatoms. The molecule has 0 radical (unpaired) electrons. The maximum absolute atomic E-state index is 10.4. The van der Waals surface area contributed by atoms with Crippen LogP contribution in [0, 0.1) is 0 Å². The maximum atomic E-state index is 10.4. The molecule has 0 aromatic rings. The lowest BCUT2D eigenvalue weighted by Crippen LogP contribution is -2.27. The van der Waals surface area contributed by atoms with Gasteiger partial charge in [-0.05, 0) is 6.42 Å². The van der Waals surface area contributed by atoms with Gasteiger partial charge in [-0.1, -0.05) is 90.4 Å². The minimum Gasteiger partial charge on any atom is -0.480 e. The van der Waals surface area contributed by atoms with E-state index in [1.165, 1.54) is 77.0 Å². The van der Waals surface area contributed by atoms with Gasteiger partial charge in [-0.15, -0.1) is 0 Å². The molecule has 0 heterocycles. The van der Waals surface area contributed by atoms with Gasteiger partial charge in [0.15, 0.2) is 0 Å². The van der Waals surface area contributed by atoms with E-state index in [-0.39, 0.29) is 13.2 Å². The van der Waals surface area contributed by atoms with E-state index in [9.17, 15) is 4.79 Å². The van der Waals surface area contributed by atoms with E-state index in [4.69, 9.17) is 19.7 Å². The van der Waals surface area contributed by atoms with Crippen molar-refractivity contribution in [1.82, 2.24) is 0 Å². The van der Waals surface area contributed by atoms with Crippen LogP contribution in [-0.4, -0.2) is 48.7 Å². The number of unbranched alkanes of at least 4 members (excludes halogenated alkanes) is 13. The van der Waals surface area contributed by atoms with E-state index >= 15 is 0 Å². The normalized spacial score (nSPS) is 12.4. The molecular weight excluding hydrogens is 332 g/mol. The SMILES string of the molecule is CCCCCCCCCCCCCCCCOCC(CO)OCC(=O)O. The Balaban J connectivity index is 3.18. The van der Waals surface area contributed by atoms with Crippen LogP contribution in [0.5, 0.6) is 0 Å². The number of carboxylic acid groups (broad SMARTS) is 1. The Labute approximate surface area is 160 Å². The van der Waals surface area contributed by atoms with Crippen LogP contribution < -0.4 is 0 Å². The number of rotatable bonds is 21. The van der Waals surface area contributed by atoms with Crippen molar-refractivity contribution < 1.29 is 24.5 Å². The average Bonchev–Trinajstić information content (AvgIpc) is 2.63. The van der Waals surface area contributed by atoms with Gasteiger partial charge in [-0.3, -0.25) is 0 Å². The molecular formula is C21H42O5. The number of hydrogen-bond acceptors (Lipinski definition) is 4.